The molecule has 1 saturated heterocycles. The molecule has 4 N–H and O–H groups in total. The molecule has 3 unspecified atom stereocenters. The minimum atomic E-state index is -4.37. The predicted octanol–water partition coefficient (Wildman–Crippen LogP) is 4.72. The summed E-state index contributed by atoms with van der Waals surface area (Å²) in [5.41, 5.74) is 0.338. The number of aliphatic hydroxyl groups is 1. The van der Waals surface area contributed by atoms with Gasteiger partial charge in [0.2, 0.25) is 0 Å². The van der Waals surface area contributed by atoms with Gasteiger partial charge in [0.05, 0.1) is 32.0 Å². The maximum absolute atomic E-state index is 10.6. The van der Waals surface area contributed by atoms with Crippen molar-refractivity contribution in [1.82, 2.24) is 10.6 Å². The normalized spacial score (nSPS) is 28.2. The first kappa shape index (κ1) is 39.3. The quantitative estimate of drug-likeness (QED) is 0.0724. The standard InChI is InChI=1S/C33H66N2O8SSi/c1-27(22-35-17-19-42-44(37,38)39)24-40-25-28-8-10-29(11-9-28)33(2,3)30-12-14-32(15-13-30)41-26-31(36)23-34-16-4-6-20-45-21-7-5-18-43-45/h27-32,34-36,45H,4-26H2,1-3H3,(H,37,38,39). The first-order chi connectivity index (χ1) is 21.5. The Morgan fingerprint density at radius 3 is 2.29 bits per heavy atom. The van der Waals surface area contributed by atoms with Crippen molar-refractivity contribution in [3.63, 3.8) is 0 Å². The average molecular weight is 679 g/mol. The topological polar surface area (TPSA) is 136 Å². The van der Waals surface area contributed by atoms with Gasteiger partial charge in [-0.15, -0.1) is 0 Å². The minimum absolute atomic E-state index is 0.0817. The third kappa shape index (κ3) is 16.2. The van der Waals surface area contributed by atoms with Crippen LogP contribution in [0, 0.1) is 29.1 Å². The SMILES string of the molecule is CC(CNCCOS(=O)(=O)O)COCC1CCC(C(C)(C)C2CCC(OCC(O)CNCCCC[SiH]3CCCCO3)CC2)CC1. The van der Waals surface area contributed by atoms with Crippen LogP contribution >= 0.6 is 0 Å². The summed E-state index contributed by atoms with van der Waals surface area (Å²) in [6.07, 6.45) is 14.5. The van der Waals surface area contributed by atoms with Crippen molar-refractivity contribution in [2.24, 2.45) is 29.1 Å². The van der Waals surface area contributed by atoms with Gasteiger partial charge in [-0.05, 0) is 118 Å². The van der Waals surface area contributed by atoms with Crippen molar-refractivity contribution < 1.29 is 36.2 Å². The molecular formula is C33H66N2O8SSi. The van der Waals surface area contributed by atoms with Gasteiger partial charge in [0, 0.05) is 26.3 Å². The van der Waals surface area contributed by atoms with Gasteiger partial charge in [0.15, 0.2) is 9.04 Å². The first-order valence-corrected chi connectivity index (χ1v) is 21.5. The summed E-state index contributed by atoms with van der Waals surface area (Å²) < 4.78 is 52.2. The fourth-order valence-electron chi connectivity index (χ4n) is 7.67. The van der Waals surface area contributed by atoms with E-state index in [-0.39, 0.29) is 12.7 Å². The van der Waals surface area contributed by atoms with Crippen molar-refractivity contribution in [3.05, 3.63) is 0 Å². The van der Waals surface area contributed by atoms with Crippen molar-refractivity contribution in [3.8, 4) is 0 Å². The van der Waals surface area contributed by atoms with Crippen LogP contribution in [-0.2, 0) is 28.5 Å². The van der Waals surface area contributed by atoms with E-state index in [0.29, 0.717) is 50.1 Å². The van der Waals surface area contributed by atoms with E-state index in [0.717, 1.165) is 50.9 Å². The maximum atomic E-state index is 10.6. The molecular weight excluding hydrogens is 613 g/mol. The van der Waals surface area contributed by atoms with E-state index in [9.17, 15) is 13.5 Å². The fraction of sp³-hybridized carbons (Fsp3) is 1.00. The Bertz CT molecular complexity index is 876. The Morgan fingerprint density at radius 1 is 0.933 bits per heavy atom. The summed E-state index contributed by atoms with van der Waals surface area (Å²) in [7, 11) is -5.25. The molecule has 3 fully saturated rings. The van der Waals surface area contributed by atoms with Gasteiger partial charge in [0.25, 0.3) is 0 Å². The number of nitrogens with one attached hydrogen (secondary N) is 2. The highest BCUT2D eigenvalue weighted by Gasteiger charge is 2.40. The number of rotatable bonds is 22. The Labute approximate surface area is 276 Å². The van der Waals surface area contributed by atoms with Crippen molar-refractivity contribution in [2.45, 2.75) is 122 Å². The molecule has 0 aromatic heterocycles. The average Bonchev–Trinajstić information content (AvgIpc) is 3.02. The molecule has 0 radical (unpaired) electrons. The maximum Gasteiger partial charge on any atom is 0.397 e. The second kappa shape index (κ2) is 21.0. The Hall–Kier alpha value is -0.153. The molecule has 2 saturated carbocycles. The Kier molecular flexibility index (Phi) is 18.4. The number of hydrogen-bond donors (Lipinski definition) is 4. The molecule has 3 aliphatic rings. The summed E-state index contributed by atoms with van der Waals surface area (Å²) in [4.78, 5) is 0. The number of ether oxygens (including phenoxy) is 2. The van der Waals surface area contributed by atoms with E-state index >= 15 is 0 Å². The fourth-order valence-corrected chi connectivity index (χ4v) is 10.6. The molecule has 45 heavy (non-hydrogen) atoms. The zero-order valence-electron chi connectivity index (χ0n) is 28.6. The highest BCUT2D eigenvalue weighted by Crippen LogP contribution is 2.49. The van der Waals surface area contributed by atoms with E-state index in [4.69, 9.17) is 18.5 Å². The third-order valence-electron chi connectivity index (χ3n) is 10.7. The number of hydrogen-bond acceptors (Lipinski definition) is 9. The van der Waals surface area contributed by atoms with Crippen LogP contribution in [0.2, 0.25) is 12.1 Å². The van der Waals surface area contributed by atoms with Crippen LogP contribution in [0.3, 0.4) is 0 Å². The van der Waals surface area contributed by atoms with Crippen LogP contribution < -0.4 is 10.6 Å². The lowest BCUT2D eigenvalue weighted by atomic mass is 9.60. The summed E-state index contributed by atoms with van der Waals surface area (Å²) in [5.74, 6) is 2.44. The van der Waals surface area contributed by atoms with Crippen LogP contribution in [-0.4, -0.2) is 98.5 Å². The smallest absolute Gasteiger partial charge is 0.397 e. The van der Waals surface area contributed by atoms with E-state index in [2.05, 4.69) is 35.6 Å². The highest BCUT2D eigenvalue weighted by molar-refractivity contribution is 7.80. The minimum Gasteiger partial charge on any atom is -0.420 e. The Morgan fingerprint density at radius 2 is 1.62 bits per heavy atom. The van der Waals surface area contributed by atoms with E-state index in [1.165, 1.54) is 69.9 Å². The molecule has 3 rings (SSSR count). The monoisotopic (exact) mass is 678 g/mol. The molecule has 0 spiro atoms. The van der Waals surface area contributed by atoms with Gasteiger partial charge < -0.3 is 29.6 Å². The second-order valence-corrected chi connectivity index (χ2v) is 18.6. The summed E-state index contributed by atoms with van der Waals surface area (Å²) in [6.45, 7) is 12.6. The lowest BCUT2D eigenvalue weighted by Gasteiger charge is -2.46. The molecule has 10 nitrogen and oxygen atoms in total. The molecule has 1 heterocycles. The lowest BCUT2D eigenvalue weighted by Crippen LogP contribution is -2.39. The van der Waals surface area contributed by atoms with Gasteiger partial charge in [0.1, 0.15) is 0 Å². The summed E-state index contributed by atoms with van der Waals surface area (Å²) >= 11 is 0. The van der Waals surface area contributed by atoms with Crippen LogP contribution in [0.25, 0.3) is 0 Å². The predicted molar refractivity (Wildman–Crippen MR) is 181 cm³/mol. The second-order valence-electron chi connectivity index (χ2n) is 14.8. The third-order valence-corrected chi connectivity index (χ3v) is 14.0. The largest absolute Gasteiger partial charge is 0.420 e. The van der Waals surface area contributed by atoms with E-state index in [1.54, 1.807) is 0 Å². The van der Waals surface area contributed by atoms with Gasteiger partial charge in [-0.2, -0.15) is 8.42 Å². The molecule has 1 aliphatic heterocycles. The van der Waals surface area contributed by atoms with Crippen LogP contribution in [0.5, 0.6) is 0 Å². The van der Waals surface area contributed by atoms with E-state index in [1.807, 2.05) is 0 Å². The zero-order valence-corrected chi connectivity index (χ0v) is 30.5. The first-order valence-electron chi connectivity index (χ1n) is 18.0. The molecule has 3 atom stereocenters. The molecule has 0 amide bonds. The highest BCUT2D eigenvalue weighted by atomic mass is 32.3. The van der Waals surface area contributed by atoms with Crippen molar-refractivity contribution in [1.29, 1.82) is 0 Å². The molecule has 0 aromatic rings. The molecule has 0 bridgehead atoms. The molecule has 12 heteroatoms. The molecule has 2 aliphatic carbocycles. The number of unbranched alkanes of at least 4 members (excludes halogenated alkanes) is 1. The van der Waals surface area contributed by atoms with Crippen molar-refractivity contribution in [2.75, 3.05) is 59.2 Å². The van der Waals surface area contributed by atoms with Gasteiger partial charge >= 0.3 is 10.4 Å². The summed E-state index contributed by atoms with van der Waals surface area (Å²) in [6, 6.07) is 2.65. The van der Waals surface area contributed by atoms with Gasteiger partial charge in [-0.1, -0.05) is 33.6 Å². The van der Waals surface area contributed by atoms with Gasteiger partial charge in [-0.25, -0.2) is 4.18 Å². The number of aliphatic hydroxyl groups excluding tert-OH is 1. The zero-order chi connectivity index (χ0) is 32.5. The Balaban J connectivity index is 1.19. The molecule has 266 valence electrons. The van der Waals surface area contributed by atoms with E-state index < -0.39 is 25.5 Å². The van der Waals surface area contributed by atoms with Crippen molar-refractivity contribution >= 4 is 19.4 Å². The van der Waals surface area contributed by atoms with Crippen LogP contribution in [0.4, 0.5) is 0 Å². The lowest BCUT2D eigenvalue weighted by molar-refractivity contribution is -0.0473. The van der Waals surface area contributed by atoms with Crippen LogP contribution in [0.1, 0.15) is 97.8 Å². The van der Waals surface area contributed by atoms with Crippen LogP contribution in [0.15, 0.2) is 0 Å². The van der Waals surface area contributed by atoms with Gasteiger partial charge in [-0.3, -0.25) is 4.55 Å². The molecule has 0 aromatic carbocycles. The summed E-state index contributed by atoms with van der Waals surface area (Å²) in [5, 5.41) is 17.0.